The summed E-state index contributed by atoms with van der Waals surface area (Å²) in [7, 11) is 0. The number of carbonyl (C=O) groups excluding carboxylic acids is 1. The number of aryl methyl sites for hydroxylation is 2. The molecule has 0 radical (unpaired) electrons. The molecular formula is C19H19N3OS. The fourth-order valence-electron chi connectivity index (χ4n) is 3.06. The van der Waals surface area contributed by atoms with Crippen molar-refractivity contribution in [2.75, 3.05) is 0 Å². The summed E-state index contributed by atoms with van der Waals surface area (Å²) >= 11 is 1.65. The van der Waals surface area contributed by atoms with Gasteiger partial charge in [-0.15, -0.1) is 11.3 Å². The third-order valence-electron chi connectivity index (χ3n) is 4.37. The lowest BCUT2D eigenvalue weighted by Gasteiger charge is -2.06. The average Bonchev–Trinajstić information content (AvgIpc) is 3.31. The zero-order valence-electron chi connectivity index (χ0n) is 13.4. The number of nitrogens with zero attached hydrogens (tertiary/aromatic N) is 2. The smallest absolute Gasteiger partial charge is 0.261 e. The molecule has 4 rings (SSSR count). The summed E-state index contributed by atoms with van der Waals surface area (Å²) in [5.41, 5.74) is 3.70. The lowest BCUT2D eigenvalue weighted by molar-refractivity contribution is 0.0955. The maximum Gasteiger partial charge on any atom is 0.261 e. The van der Waals surface area contributed by atoms with Crippen molar-refractivity contribution in [2.45, 2.75) is 32.4 Å². The van der Waals surface area contributed by atoms with E-state index in [4.69, 9.17) is 0 Å². The first kappa shape index (κ1) is 15.1. The first-order valence-corrected chi connectivity index (χ1v) is 9.03. The van der Waals surface area contributed by atoms with Crippen molar-refractivity contribution in [2.24, 2.45) is 0 Å². The van der Waals surface area contributed by atoms with E-state index in [1.807, 2.05) is 17.1 Å². The van der Waals surface area contributed by atoms with Crippen LogP contribution in [0.1, 0.15) is 37.7 Å². The Balaban J connectivity index is 1.34. The Morgan fingerprint density at radius 3 is 2.79 bits per heavy atom. The predicted octanol–water partition coefficient (Wildman–Crippen LogP) is 3.41. The van der Waals surface area contributed by atoms with Crippen molar-refractivity contribution >= 4 is 17.2 Å². The molecule has 0 aliphatic heterocycles. The molecule has 0 spiro atoms. The number of thiophene rings is 1. The van der Waals surface area contributed by atoms with Crippen LogP contribution in [0.15, 0.2) is 49.1 Å². The van der Waals surface area contributed by atoms with E-state index in [1.165, 1.54) is 22.4 Å². The predicted molar refractivity (Wildman–Crippen MR) is 95.3 cm³/mol. The molecule has 1 aliphatic rings. The quantitative estimate of drug-likeness (QED) is 0.775. The zero-order valence-corrected chi connectivity index (χ0v) is 14.2. The Bertz CT molecular complexity index is 813. The number of amides is 1. The summed E-state index contributed by atoms with van der Waals surface area (Å²) in [6, 6.07) is 10.4. The third kappa shape index (κ3) is 3.26. The van der Waals surface area contributed by atoms with Gasteiger partial charge in [-0.25, -0.2) is 4.98 Å². The normalized spacial score (nSPS) is 13.0. The van der Waals surface area contributed by atoms with Crippen molar-refractivity contribution < 1.29 is 4.79 Å². The molecule has 1 aromatic carbocycles. The molecule has 1 aliphatic carbocycles. The van der Waals surface area contributed by atoms with Gasteiger partial charge in [-0.2, -0.15) is 0 Å². The van der Waals surface area contributed by atoms with Gasteiger partial charge in [0.15, 0.2) is 0 Å². The van der Waals surface area contributed by atoms with Gasteiger partial charge in [0.25, 0.3) is 5.91 Å². The number of hydrogen-bond donors (Lipinski definition) is 1. The number of rotatable bonds is 5. The number of aromatic nitrogens is 2. The van der Waals surface area contributed by atoms with Gasteiger partial charge >= 0.3 is 0 Å². The van der Waals surface area contributed by atoms with E-state index in [0.717, 1.165) is 29.8 Å². The lowest BCUT2D eigenvalue weighted by atomic mass is 10.1. The molecule has 3 aromatic rings. The highest BCUT2D eigenvalue weighted by Crippen LogP contribution is 2.30. The number of carbonyl (C=O) groups is 1. The summed E-state index contributed by atoms with van der Waals surface area (Å²) in [5.74, 6) is 0.0388. The second kappa shape index (κ2) is 6.61. The molecule has 5 heteroatoms. The Morgan fingerprint density at radius 2 is 2.04 bits per heavy atom. The number of fused-ring (bicyclic) bond motifs is 1. The summed E-state index contributed by atoms with van der Waals surface area (Å²) in [6.45, 7) is 1.38. The fourth-order valence-corrected chi connectivity index (χ4v) is 4.23. The Hall–Kier alpha value is -2.40. The molecule has 0 saturated carbocycles. The van der Waals surface area contributed by atoms with Crippen LogP contribution in [0.2, 0.25) is 0 Å². The van der Waals surface area contributed by atoms with Crippen molar-refractivity contribution in [1.82, 2.24) is 14.9 Å². The maximum atomic E-state index is 12.3. The molecule has 4 nitrogen and oxygen atoms in total. The van der Waals surface area contributed by atoms with Crippen molar-refractivity contribution in [3.8, 4) is 0 Å². The minimum absolute atomic E-state index is 0.0388. The summed E-state index contributed by atoms with van der Waals surface area (Å²) in [6.07, 6.45) is 9.03. The van der Waals surface area contributed by atoms with Gasteiger partial charge < -0.3 is 9.88 Å². The van der Waals surface area contributed by atoms with Gasteiger partial charge in [0.1, 0.15) is 0 Å². The molecule has 2 aromatic heterocycles. The van der Waals surface area contributed by atoms with Crippen LogP contribution in [0, 0.1) is 0 Å². The Morgan fingerprint density at radius 1 is 1.21 bits per heavy atom. The SMILES string of the molecule is O=C(NCc1ccc(Cn2ccnc2)cc1)c1cc2c(s1)CCC2. The van der Waals surface area contributed by atoms with Gasteiger partial charge in [0, 0.05) is 30.4 Å². The first-order valence-electron chi connectivity index (χ1n) is 8.21. The molecule has 24 heavy (non-hydrogen) atoms. The van der Waals surface area contributed by atoms with Gasteiger partial charge in [0.05, 0.1) is 11.2 Å². The second-order valence-electron chi connectivity index (χ2n) is 6.15. The van der Waals surface area contributed by atoms with Gasteiger partial charge in [-0.1, -0.05) is 24.3 Å². The maximum absolute atomic E-state index is 12.3. The van der Waals surface area contributed by atoms with Crippen LogP contribution in [0.5, 0.6) is 0 Å². The van der Waals surface area contributed by atoms with E-state index in [2.05, 4.69) is 40.6 Å². The van der Waals surface area contributed by atoms with Crippen LogP contribution in [0.4, 0.5) is 0 Å². The summed E-state index contributed by atoms with van der Waals surface area (Å²) in [5, 5.41) is 3.03. The molecule has 0 atom stereocenters. The highest BCUT2D eigenvalue weighted by atomic mass is 32.1. The van der Waals surface area contributed by atoms with Crippen molar-refractivity contribution in [3.63, 3.8) is 0 Å². The van der Waals surface area contributed by atoms with Crippen molar-refractivity contribution in [1.29, 1.82) is 0 Å². The number of hydrogen-bond acceptors (Lipinski definition) is 3. The Kier molecular flexibility index (Phi) is 4.17. The van der Waals surface area contributed by atoms with Crippen LogP contribution in [-0.2, 0) is 25.9 Å². The van der Waals surface area contributed by atoms with Gasteiger partial charge in [0.2, 0.25) is 0 Å². The molecular weight excluding hydrogens is 318 g/mol. The Labute approximate surface area is 145 Å². The van der Waals surface area contributed by atoms with Gasteiger partial charge in [-0.05, 0) is 42.0 Å². The van der Waals surface area contributed by atoms with Crippen LogP contribution in [0.3, 0.4) is 0 Å². The van der Waals surface area contributed by atoms with E-state index in [-0.39, 0.29) is 5.91 Å². The highest BCUT2D eigenvalue weighted by Gasteiger charge is 2.18. The molecule has 1 N–H and O–H groups in total. The lowest BCUT2D eigenvalue weighted by Crippen LogP contribution is -2.21. The molecule has 1 amide bonds. The molecule has 0 saturated heterocycles. The van der Waals surface area contributed by atoms with E-state index in [9.17, 15) is 4.79 Å². The highest BCUT2D eigenvalue weighted by molar-refractivity contribution is 7.14. The molecule has 0 bridgehead atoms. The summed E-state index contributed by atoms with van der Waals surface area (Å²) in [4.78, 5) is 18.6. The largest absolute Gasteiger partial charge is 0.347 e. The van der Waals surface area contributed by atoms with Crippen LogP contribution in [0.25, 0.3) is 0 Å². The minimum Gasteiger partial charge on any atom is -0.347 e. The third-order valence-corrected chi connectivity index (χ3v) is 5.61. The molecule has 122 valence electrons. The first-order chi connectivity index (χ1) is 11.8. The van der Waals surface area contributed by atoms with Crippen LogP contribution < -0.4 is 5.32 Å². The van der Waals surface area contributed by atoms with E-state index < -0.39 is 0 Å². The number of benzene rings is 1. The van der Waals surface area contributed by atoms with Crippen molar-refractivity contribution in [3.05, 3.63) is 75.5 Å². The second-order valence-corrected chi connectivity index (χ2v) is 7.28. The number of imidazole rings is 1. The van der Waals surface area contributed by atoms with E-state index in [0.29, 0.717) is 6.54 Å². The molecule has 0 unspecified atom stereocenters. The summed E-state index contributed by atoms with van der Waals surface area (Å²) < 4.78 is 2.03. The topological polar surface area (TPSA) is 46.9 Å². The molecule has 2 heterocycles. The van der Waals surface area contributed by atoms with Crippen LogP contribution in [-0.4, -0.2) is 15.5 Å². The molecule has 0 fully saturated rings. The number of nitrogens with one attached hydrogen (secondary N) is 1. The monoisotopic (exact) mass is 337 g/mol. The minimum atomic E-state index is 0.0388. The van der Waals surface area contributed by atoms with E-state index >= 15 is 0 Å². The average molecular weight is 337 g/mol. The standard InChI is InChI=1S/C19H19N3OS/c23-19(18-10-16-2-1-3-17(16)24-18)21-11-14-4-6-15(7-5-14)12-22-9-8-20-13-22/h4-10,13H,1-3,11-12H2,(H,21,23). The van der Waals surface area contributed by atoms with Gasteiger partial charge in [-0.3, -0.25) is 4.79 Å². The fraction of sp³-hybridized carbons (Fsp3) is 0.263. The zero-order chi connectivity index (χ0) is 16.4. The van der Waals surface area contributed by atoms with E-state index in [1.54, 1.807) is 17.5 Å². The van der Waals surface area contributed by atoms with Crippen LogP contribution >= 0.6 is 11.3 Å².